The molecule has 1 aromatic heterocycles. The molecule has 0 aliphatic rings. The lowest BCUT2D eigenvalue weighted by Gasteiger charge is -2.05. The summed E-state index contributed by atoms with van der Waals surface area (Å²) in [5.41, 5.74) is 0.898. The molecule has 0 bridgehead atoms. The fourth-order valence-electron chi connectivity index (χ4n) is 1.68. The third kappa shape index (κ3) is 3.24. The molecule has 0 saturated carbocycles. The molecule has 0 atom stereocenters. The maximum atomic E-state index is 11.8. The molecule has 4 nitrogen and oxygen atoms in total. The fraction of sp³-hybridized carbons (Fsp3) is 0.200. The number of aryl methyl sites for hydroxylation is 2. The van der Waals surface area contributed by atoms with Crippen LogP contribution >= 0.6 is 11.3 Å². The SMILES string of the molecule is Cc1ccc(C(=O)OCC(=O)c2ccc(C)s2)c(O)c1. The van der Waals surface area contributed by atoms with E-state index in [-0.39, 0.29) is 23.7 Å². The summed E-state index contributed by atoms with van der Waals surface area (Å²) in [6, 6.07) is 8.19. The lowest BCUT2D eigenvalue weighted by molar-refractivity contribution is 0.0473. The van der Waals surface area contributed by atoms with E-state index >= 15 is 0 Å². The molecule has 0 aliphatic carbocycles. The number of aromatic hydroxyl groups is 1. The van der Waals surface area contributed by atoms with E-state index in [0.29, 0.717) is 4.88 Å². The molecule has 104 valence electrons. The number of phenols is 1. The van der Waals surface area contributed by atoms with E-state index in [1.54, 1.807) is 19.1 Å². The predicted molar refractivity (Wildman–Crippen MR) is 76.5 cm³/mol. The number of phenolic OH excluding ortho intramolecular Hbond substituents is 1. The molecule has 20 heavy (non-hydrogen) atoms. The van der Waals surface area contributed by atoms with E-state index in [0.717, 1.165) is 10.4 Å². The Labute approximate surface area is 120 Å². The van der Waals surface area contributed by atoms with Crippen molar-refractivity contribution in [3.8, 4) is 5.75 Å². The van der Waals surface area contributed by atoms with Crippen molar-refractivity contribution in [2.24, 2.45) is 0 Å². The summed E-state index contributed by atoms with van der Waals surface area (Å²) in [6.07, 6.45) is 0. The highest BCUT2D eigenvalue weighted by atomic mass is 32.1. The van der Waals surface area contributed by atoms with Gasteiger partial charge in [-0.15, -0.1) is 11.3 Å². The van der Waals surface area contributed by atoms with Gasteiger partial charge in [-0.3, -0.25) is 4.79 Å². The topological polar surface area (TPSA) is 63.6 Å². The van der Waals surface area contributed by atoms with E-state index < -0.39 is 5.97 Å². The standard InChI is InChI=1S/C15H14O4S/c1-9-3-5-11(12(16)7-9)15(18)19-8-13(17)14-6-4-10(2)20-14/h3-7,16H,8H2,1-2H3. The van der Waals surface area contributed by atoms with Crippen molar-refractivity contribution in [3.63, 3.8) is 0 Å². The van der Waals surface area contributed by atoms with Crippen LogP contribution < -0.4 is 0 Å². The second-order valence-corrected chi connectivity index (χ2v) is 5.72. The molecule has 1 N–H and O–H groups in total. The zero-order valence-corrected chi connectivity index (χ0v) is 12.0. The van der Waals surface area contributed by atoms with Gasteiger partial charge in [0.25, 0.3) is 0 Å². The van der Waals surface area contributed by atoms with Crippen LogP contribution in [0.4, 0.5) is 0 Å². The van der Waals surface area contributed by atoms with Crippen molar-refractivity contribution in [3.05, 3.63) is 51.2 Å². The van der Waals surface area contributed by atoms with Crippen LogP contribution in [0.25, 0.3) is 0 Å². The van der Waals surface area contributed by atoms with Crippen LogP contribution in [0.15, 0.2) is 30.3 Å². The average molecular weight is 290 g/mol. The molecular weight excluding hydrogens is 276 g/mol. The molecule has 0 fully saturated rings. The molecule has 2 rings (SSSR count). The van der Waals surface area contributed by atoms with Crippen molar-refractivity contribution in [1.82, 2.24) is 0 Å². The second-order valence-electron chi connectivity index (χ2n) is 4.43. The Morgan fingerprint density at radius 2 is 1.95 bits per heavy atom. The van der Waals surface area contributed by atoms with Gasteiger partial charge in [0.15, 0.2) is 6.61 Å². The minimum absolute atomic E-state index is 0.0609. The molecule has 0 radical (unpaired) electrons. The maximum Gasteiger partial charge on any atom is 0.342 e. The van der Waals surface area contributed by atoms with Crippen LogP contribution in [0.5, 0.6) is 5.75 Å². The van der Waals surface area contributed by atoms with E-state index in [2.05, 4.69) is 0 Å². The summed E-state index contributed by atoms with van der Waals surface area (Å²) in [5, 5.41) is 9.66. The lowest BCUT2D eigenvalue weighted by Crippen LogP contribution is -2.13. The first-order valence-electron chi connectivity index (χ1n) is 6.04. The minimum Gasteiger partial charge on any atom is -0.507 e. The summed E-state index contributed by atoms with van der Waals surface area (Å²) in [6.45, 7) is 3.38. The fourth-order valence-corrected chi connectivity index (χ4v) is 2.47. The molecule has 0 saturated heterocycles. The van der Waals surface area contributed by atoms with E-state index in [1.807, 2.05) is 13.0 Å². The van der Waals surface area contributed by atoms with Crippen LogP contribution in [0.3, 0.4) is 0 Å². The summed E-state index contributed by atoms with van der Waals surface area (Å²) in [4.78, 5) is 25.2. The Bertz CT molecular complexity index is 658. The van der Waals surface area contributed by atoms with Crippen LogP contribution in [0.2, 0.25) is 0 Å². The molecule has 0 unspecified atom stereocenters. The summed E-state index contributed by atoms with van der Waals surface area (Å²) in [7, 11) is 0. The van der Waals surface area contributed by atoms with Gasteiger partial charge in [-0.25, -0.2) is 4.79 Å². The number of carbonyl (C=O) groups excluding carboxylic acids is 2. The van der Waals surface area contributed by atoms with E-state index in [4.69, 9.17) is 4.74 Å². The molecular formula is C15H14O4S. The Morgan fingerprint density at radius 1 is 1.20 bits per heavy atom. The summed E-state index contributed by atoms with van der Waals surface area (Å²) < 4.78 is 4.93. The van der Waals surface area contributed by atoms with Gasteiger partial charge in [-0.05, 0) is 43.7 Å². The number of Topliss-reactive ketones (excluding diaryl/α,β-unsaturated/α-hetero) is 1. The molecule has 5 heteroatoms. The zero-order chi connectivity index (χ0) is 14.7. The third-order valence-corrected chi connectivity index (χ3v) is 3.76. The smallest absolute Gasteiger partial charge is 0.342 e. The zero-order valence-electron chi connectivity index (χ0n) is 11.2. The monoisotopic (exact) mass is 290 g/mol. The molecule has 2 aromatic rings. The number of hydrogen-bond donors (Lipinski definition) is 1. The normalized spacial score (nSPS) is 10.3. The van der Waals surface area contributed by atoms with Gasteiger partial charge in [-0.2, -0.15) is 0 Å². The van der Waals surface area contributed by atoms with Gasteiger partial charge in [-0.1, -0.05) is 6.07 Å². The van der Waals surface area contributed by atoms with Crippen molar-refractivity contribution in [1.29, 1.82) is 0 Å². The highest BCUT2D eigenvalue weighted by Gasteiger charge is 2.15. The summed E-state index contributed by atoms with van der Waals surface area (Å²) in [5.74, 6) is -1.10. The van der Waals surface area contributed by atoms with Crippen molar-refractivity contribution in [2.75, 3.05) is 6.61 Å². The largest absolute Gasteiger partial charge is 0.507 e. The Balaban J connectivity index is 2.00. The second kappa shape index (κ2) is 5.88. The van der Waals surface area contributed by atoms with Gasteiger partial charge >= 0.3 is 5.97 Å². The molecule has 0 aliphatic heterocycles. The number of thiophene rings is 1. The first kappa shape index (κ1) is 14.3. The minimum atomic E-state index is -0.705. The van der Waals surface area contributed by atoms with Gasteiger partial charge in [0, 0.05) is 4.88 Å². The molecule has 0 spiro atoms. The van der Waals surface area contributed by atoms with E-state index in [1.165, 1.54) is 23.5 Å². The van der Waals surface area contributed by atoms with Crippen LogP contribution in [0.1, 0.15) is 30.5 Å². The van der Waals surface area contributed by atoms with E-state index in [9.17, 15) is 14.7 Å². The van der Waals surface area contributed by atoms with Crippen molar-refractivity contribution in [2.45, 2.75) is 13.8 Å². The van der Waals surface area contributed by atoms with Crippen LogP contribution in [0, 0.1) is 13.8 Å². The Morgan fingerprint density at radius 3 is 2.55 bits per heavy atom. The molecule has 1 heterocycles. The Hall–Kier alpha value is -2.14. The van der Waals surface area contributed by atoms with Gasteiger partial charge < -0.3 is 9.84 Å². The number of carbonyl (C=O) groups is 2. The van der Waals surface area contributed by atoms with Crippen LogP contribution in [-0.4, -0.2) is 23.5 Å². The number of rotatable bonds is 4. The predicted octanol–water partition coefficient (Wildman–Crippen LogP) is 3.11. The summed E-state index contributed by atoms with van der Waals surface area (Å²) >= 11 is 1.36. The molecule has 0 amide bonds. The lowest BCUT2D eigenvalue weighted by atomic mass is 10.1. The maximum absolute atomic E-state index is 11.8. The van der Waals surface area contributed by atoms with Crippen molar-refractivity contribution >= 4 is 23.1 Å². The van der Waals surface area contributed by atoms with Crippen molar-refractivity contribution < 1.29 is 19.4 Å². The Kier molecular flexibility index (Phi) is 4.20. The van der Waals surface area contributed by atoms with Gasteiger partial charge in [0.05, 0.1) is 4.88 Å². The highest BCUT2D eigenvalue weighted by Crippen LogP contribution is 2.20. The molecule has 1 aromatic carbocycles. The number of ether oxygens (including phenoxy) is 1. The first-order valence-corrected chi connectivity index (χ1v) is 6.85. The number of benzene rings is 1. The van der Waals surface area contributed by atoms with Gasteiger partial charge in [0.1, 0.15) is 11.3 Å². The highest BCUT2D eigenvalue weighted by molar-refractivity contribution is 7.14. The number of ketones is 1. The van der Waals surface area contributed by atoms with Gasteiger partial charge in [0.2, 0.25) is 5.78 Å². The third-order valence-electron chi connectivity index (χ3n) is 2.72. The quantitative estimate of drug-likeness (QED) is 0.694. The first-order chi connectivity index (χ1) is 9.47. The van der Waals surface area contributed by atoms with Crippen LogP contribution in [-0.2, 0) is 4.74 Å². The average Bonchev–Trinajstić information content (AvgIpc) is 2.82. The number of hydrogen-bond acceptors (Lipinski definition) is 5. The number of esters is 1.